The summed E-state index contributed by atoms with van der Waals surface area (Å²) in [6.07, 6.45) is -2.34. The van der Waals surface area contributed by atoms with E-state index in [1.54, 1.807) is 27.7 Å². The van der Waals surface area contributed by atoms with Crippen LogP contribution in [0.25, 0.3) is 11.2 Å². The number of hydrogen-bond acceptors (Lipinski definition) is 12. The maximum Gasteiger partial charge on any atom is 0.411 e. The van der Waals surface area contributed by atoms with Crippen molar-refractivity contribution in [2.45, 2.75) is 115 Å². The van der Waals surface area contributed by atoms with E-state index in [0.29, 0.717) is 29.4 Å². The normalized spacial score (nSPS) is 32.1. The molecule has 3 saturated heterocycles. The van der Waals surface area contributed by atoms with Gasteiger partial charge in [0.25, 0.3) is 0 Å². The summed E-state index contributed by atoms with van der Waals surface area (Å²) in [5.41, 5.74) is 0.260. The third-order valence-corrected chi connectivity index (χ3v) is 7.84. The Kier molecular flexibility index (Phi) is 8.58. The number of aliphatic hydroxyl groups is 3. The standard InChI is InChI=1S/C27H41N7O8/c1-13-17(31-24(38)19-15(35)9-10-33(19)26(39)42-27(3,4)5)20(36)21(37)25(41-13)32-22-18-23(29-12-28-22)34(14(2)30-18)16-8-6-7-11-40-16/h12-13,15-17,19-21,25,35-37H,6-11H2,1-5H3,(H,31,38)(H,28,29,32)/t13-,15-,16?,17-,19+,20+,21-,25-/m0/s1. The number of aryl methyl sites for hydroxylation is 1. The number of hydrogen-bond donors (Lipinski definition) is 5. The number of nitrogens with zero attached hydrogens (tertiary/aromatic N) is 5. The Morgan fingerprint density at radius 3 is 2.57 bits per heavy atom. The average Bonchev–Trinajstić information content (AvgIpc) is 3.48. The van der Waals surface area contributed by atoms with Gasteiger partial charge in [-0.2, -0.15) is 0 Å². The fourth-order valence-electron chi connectivity index (χ4n) is 5.79. The maximum absolute atomic E-state index is 13.3. The van der Waals surface area contributed by atoms with E-state index in [9.17, 15) is 24.9 Å². The molecule has 3 fully saturated rings. The van der Waals surface area contributed by atoms with Crippen LogP contribution in [0.15, 0.2) is 6.33 Å². The van der Waals surface area contributed by atoms with Gasteiger partial charge in [0, 0.05) is 13.2 Å². The highest BCUT2D eigenvalue weighted by Gasteiger charge is 2.48. The molecule has 5 heterocycles. The van der Waals surface area contributed by atoms with Gasteiger partial charge in [0.1, 0.15) is 42.2 Å². The minimum absolute atomic E-state index is 0.136. The van der Waals surface area contributed by atoms with Gasteiger partial charge in [-0.15, -0.1) is 0 Å². The first-order valence-electron chi connectivity index (χ1n) is 14.4. The zero-order chi connectivity index (χ0) is 30.3. The highest BCUT2D eigenvalue weighted by atomic mass is 16.6. The van der Waals surface area contributed by atoms with Crippen molar-refractivity contribution in [1.82, 2.24) is 29.7 Å². The van der Waals surface area contributed by atoms with E-state index in [2.05, 4.69) is 25.6 Å². The van der Waals surface area contributed by atoms with Gasteiger partial charge < -0.3 is 40.2 Å². The number of fused-ring (bicyclic) bond motifs is 1. The molecule has 3 aliphatic rings. The van der Waals surface area contributed by atoms with Crippen molar-refractivity contribution in [3.63, 3.8) is 0 Å². The molecule has 0 aliphatic carbocycles. The molecule has 1 unspecified atom stereocenters. The summed E-state index contributed by atoms with van der Waals surface area (Å²) in [5.74, 6) is 0.328. The number of aromatic nitrogens is 4. The summed E-state index contributed by atoms with van der Waals surface area (Å²) < 4.78 is 19.3. The van der Waals surface area contributed by atoms with Gasteiger partial charge in [-0.05, 0) is 60.3 Å². The molecule has 0 aromatic carbocycles. The van der Waals surface area contributed by atoms with Crippen molar-refractivity contribution in [3.05, 3.63) is 12.2 Å². The van der Waals surface area contributed by atoms with E-state index in [4.69, 9.17) is 14.2 Å². The molecule has 8 atom stereocenters. The number of anilines is 1. The highest BCUT2D eigenvalue weighted by molar-refractivity contribution is 5.87. The molecular formula is C27H41N7O8. The molecule has 0 saturated carbocycles. The number of likely N-dealkylation sites (tertiary alicyclic amines) is 1. The first-order chi connectivity index (χ1) is 19.9. The summed E-state index contributed by atoms with van der Waals surface area (Å²) in [5, 5.41) is 38.3. The lowest BCUT2D eigenvalue weighted by Crippen LogP contribution is -2.66. The topological polar surface area (TPSA) is 193 Å². The number of carbonyl (C=O) groups excluding carboxylic acids is 2. The molecule has 5 N–H and O–H groups in total. The van der Waals surface area contributed by atoms with Crippen molar-refractivity contribution in [3.8, 4) is 0 Å². The lowest BCUT2D eigenvalue weighted by molar-refractivity contribution is -0.173. The number of imidazole rings is 1. The number of amides is 2. The predicted octanol–water partition coefficient (Wildman–Crippen LogP) is 0.567. The lowest BCUT2D eigenvalue weighted by Gasteiger charge is -2.42. The SMILES string of the molecule is Cc1nc2c(N[C@H]3O[C@@H](C)[C@H](NC(=O)[C@H]4[C@@H](O)CCN4C(=O)OC(C)(C)C)[C@@H](O)[C@@H]3O)ncnc2n1C1CCCCO1. The van der Waals surface area contributed by atoms with E-state index in [1.165, 1.54) is 11.2 Å². The van der Waals surface area contributed by atoms with Crippen LogP contribution in [0, 0.1) is 6.92 Å². The van der Waals surface area contributed by atoms with Gasteiger partial charge >= 0.3 is 6.09 Å². The highest BCUT2D eigenvalue weighted by Crippen LogP contribution is 2.31. The van der Waals surface area contributed by atoms with Crippen LogP contribution >= 0.6 is 0 Å². The maximum atomic E-state index is 13.3. The molecule has 42 heavy (non-hydrogen) atoms. The molecule has 0 radical (unpaired) electrons. The fraction of sp³-hybridized carbons (Fsp3) is 0.741. The molecule has 15 nitrogen and oxygen atoms in total. The third kappa shape index (κ3) is 6.01. The van der Waals surface area contributed by atoms with E-state index in [0.717, 1.165) is 19.3 Å². The van der Waals surface area contributed by atoms with Gasteiger partial charge in [-0.25, -0.2) is 19.7 Å². The molecule has 2 amide bonds. The first-order valence-corrected chi connectivity index (χ1v) is 14.4. The average molecular weight is 592 g/mol. The summed E-state index contributed by atoms with van der Waals surface area (Å²) in [4.78, 5) is 40.5. The number of nitrogens with one attached hydrogen (secondary N) is 2. The van der Waals surface area contributed by atoms with E-state index in [1.807, 2.05) is 11.5 Å². The summed E-state index contributed by atoms with van der Waals surface area (Å²) in [6.45, 7) is 9.42. The molecule has 3 aliphatic heterocycles. The molecule has 2 aromatic heterocycles. The monoisotopic (exact) mass is 591 g/mol. The van der Waals surface area contributed by atoms with Crippen LogP contribution < -0.4 is 10.6 Å². The van der Waals surface area contributed by atoms with Crippen LogP contribution in [0.4, 0.5) is 10.6 Å². The molecule has 232 valence electrons. The lowest BCUT2D eigenvalue weighted by atomic mass is 9.95. The van der Waals surface area contributed by atoms with Crippen molar-refractivity contribution in [1.29, 1.82) is 0 Å². The molecule has 0 spiro atoms. The van der Waals surface area contributed by atoms with Crippen molar-refractivity contribution in [2.24, 2.45) is 0 Å². The Labute approximate surface area is 243 Å². The van der Waals surface area contributed by atoms with Crippen LogP contribution in [0.5, 0.6) is 0 Å². The molecule has 0 bridgehead atoms. The zero-order valence-electron chi connectivity index (χ0n) is 24.6. The summed E-state index contributed by atoms with van der Waals surface area (Å²) in [6, 6.07) is -2.25. The van der Waals surface area contributed by atoms with Gasteiger partial charge in [-0.3, -0.25) is 14.3 Å². The molecule has 5 rings (SSSR count). The second-order valence-corrected chi connectivity index (χ2v) is 12.1. The second kappa shape index (κ2) is 11.9. The van der Waals surface area contributed by atoms with Crippen molar-refractivity contribution in [2.75, 3.05) is 18.5 Å². The summed E-state index contributed by atoms with van der Waals surface area (Å²) in [7, 11) is 0. The molecular weight excluding hydrogens is 550 g/mol. The fourth-order valence-corrected chi connectivity index (χ4v) is 5.79. The van der Waals surface area contributed by atoms with E-state index in [-0.39, 0.29) is 19.2 Å². The second-order valence-electron chi connectivity index (χ2n) is 12.1. The van der Waals surface area contributed by atoms with Crippen molar-refractivity contribution < 1.29 is 39.1 Å². The number of ether oxygens (including phenoxy) is 3. The Morgan fingerprint density at radius 1 is 1.12 bits per heavy atom. The van der Waals surface area contributed by atoms with E-state index < -0.39 is 60.3 Å². The predicted molar refractivity (Wildman–Crippen MR) is 148 cm³/mol. The number of rotatable bonds is 5. The van der Waals surface area contributed by atoms with Crippen LogP contribution in [0.2, 0.25) is 0 Å². The third-order valence-electron chi connectivity index (χ3n) is 7.84. The minimum atomic E-state index is -1.48. The zero-order valence-corrected chi connectivity index (χ0v) is 24.6. The van der Waals surface area contributed by atoms with Gasteiger partial charge in [0.15, 0.2) is 23.2 Å². The van der Waals surface area contributed by atoms with Gasteiger partial charge in [-0.1, -0.05) is 0 Å². The molecule has 2 aromatic rings. The first kappa shape index (κ1) is 30.4. The molecule has 15 heteroatoms. The Morgan fingerprint density at radius 2 is 1.88 bits per heavy atom. The summed E-state index contributed by atoms with van der Waals surface area (Å²) >= 11 is 0. The van der Waals surface area contributed by atoms with Crippen LogP contribution in [-0.4, -0.2) is 113 Å². The van der Waals surface area contributed by atoms with Crippen LogP contribution in [0.3, 0.4) is 0 Å². The quantitative estimate of drug-likeness (QED) is 0.325. The largest absolute Gasteiger partial charge is 0.444 e. The Hall–Kier alpha value is -3.11. The number of carbonyl (C=O) groups is 2. The number of aliphatic hydroxyl groups excluding tert-OH is 3. The van der Waals surface area contributed by atoms with Gasteiger partial charge in [0.2, 0.25) is 5.91 Å². The van der Waals surface area contributed by atoms with Crippen molar-refractivity contribution >= 4 is 29.0 Å². The van der Waals surface area contributed by atoms with E-state index >= 15 is 0 Å². The van der Waals surface area contributed by atoms with Crippen LogP contribution in [-0.2, 0) is 19.0 Å². The van der Waals surface area contributed by atoms with Crippen LogP contribution in [0.1, 0.15) is 65.4 Å². The minimum Gasteiger partial charge on any atom is -0.444 e. The van der Waals surface area contributed by atoms with Gasteiger partial charge in [0.05, 0.1) is 18.2 Å². The Bertz CT molecular complexity index is 1290. The Balaban J connectivity index is 1.28. The smallest absolute Gasteiger partial charge is 0.411 e.